The van der Waals surface area contributed by atoms with E-state index in [1.807, 2.05) is 0 Å². The lowest BCUT2D eigenvalue weighted by molar-refractivity contribution is 0.318. The Kier molecular flexibility index (Phi) is 3.69. The molecule has 0 saturated carbocycles. The monoisotopic (exact) mass is 234 g/mol. The van der Waals surface area contributed by atoms with E-state index in [2.05, 4.69) is 36.9 Å². The van der Waals surface area contributed by atoms with E-state index in [0.29, 0.717) is 12.0 Å². The van der Waals surface area contributed by atoms with Gasteiger partial charge in [-0.25, -0.2) is 0 Å². The highest BCUT2D eigenvalue weighted by atomic mass is 16.5. The van der Waals surface area contributed by atoms with Crippen LogP contribution in [0.5, 0.6) is 5.75 Å². The molecule has 2 N–H and O–H groups in total. The highest BCUT2D eigenvalue weighted by molar-refractivity contribution is 5.36. The molecule has 0 aliphatic carbocycles. The van der Waals surface area contributed by atoms with Gasteiger partial charge in [-0.05, 0) is 30.0 Å². The molecule has 0 amide bonds. The Morgan fingerprint density at radius 1 is 1.41 bits per heavy atom. The Balaban J connectivity index is 2.04. The summed E-state index contributed by atoms with van der Waals surface area (Å²) < 4.78 is 5.35. The van der Waals surface area contributed by atoms with Crippen LogP contribution in [-0.4, -0.2) is 31.1 Å². The molecule has 94 valence electrons. The number of methoxy groups -OCH3 is 1. The maximum absolute atomic E-state index is 6.04. The van der Waals surface area contributed by atoms with Gasteiger partial charge in [-0.3, -0.25) is 4.90 Å². The minimum absolute atomic E-state index is 0.322. The van der Waals surface area contributed by atoms with Crippen LogP contribution in [0.3, 0.4) is 0 Å². The molecule has 1 saturated heterocycles. The fraction of sp³-hybridized carbons (Fsp3) is 0.571. The van der Waals surface area contributed by atoms with Crippen LogP contribution >= 0.6 is 0 Å². The summed E-state index contributed by atoms with van der Waals surface area (Å²) in [7, 11) is 1.72. The van der Waals surface area contributed by atoms with Crippen molar-refractivity contribution in [2.24, 2.45) is 11.7 Å². The summed E-state index contributed by atoms with van der Waals surface area (Å²) in [5, 5.41) is 0. The number of aryl methyl sites for hydroxylation is 1. The van der Waals surface area contributed by atoms with E-state index in [4.69, 9.17) is 10.5 Å². The SMILES string of the molecule is COc1cc(CN2CC(C)C(N)C2)ccc1C. The molecule has 1 aromatic carbocycles. The number of benzene rings is 1. The molecule has 3 nitrogen and oxygen atoms in total. The molecule has 2 atom stereocenters. The zero-order valence-corrected chi connectivity index (χ0v) is 10.9. The van der Waals surface area contributed by atoms with Gasteiger partial charge in [0.2, 0.25) is 0 Å². The van der Waals surface area contributed by atoms with Crippen molar-refractivity contribution in [3.63, 3.8) is 0 Å². The molecule has 1 fully saturated rings. The molecule has 17 heavy (non-hydrogen) atoms. The van der Waals surface area contributed by atoms with E-state index < -0.39 is 0 Å². The van der Waals surface area contributed by atoms with Crippen molar-refractivity contribution >= 4 is 0 Å². The summed E-state index contributed by atoms with van der Waals surface area (Å²) in [4.78, 5) is 2.42. The average Bonchev–Trinajstić information content (AvgIpc) is 2.61. The molecular weight excluding hydrogens is 212 g/mol. The van der Waals surface area contributed by atoms with Gasteiger partial charge in [0.1, 0.15) is 5.75 Å². The van der Waals surface area contributed by atoms with Crippen molar-refractivity contribution in [2.45, 2.75) is 26.4 Å². The van der Waals surface area contributed by atoms with Gasteiger partial charge in [0.25, 0.3) is 0 Å². The minimum Gasteiger partial charge on any atom is -0.496 e. The normalized spacial score (nSPS) is 25.2. The fourth-order valence-corrected chi connectivity index (χ4v) is 2.45. The molecule has 0 spiro atoms. The van der Waals surface area contributed by atoms with Gasteiger partial charge in [-0.15, -0.1) is 0 Å². The van der Waals surface area contributed by atoms with Crippen molar-refractivity contribution in [2.75, 3.05) is 20.2 Å². The highest BCUT2D eigenvalue weighted by Gasteiger charge is 2.26. The lowest BCUT2D eigenvalue weighted by Crippen LogP contribution is -2.28. The predicted octanol–water partition coefficient (Wildman–Crippen LogP) is 1.78. The number of likely N-dealkylation sites (tertiary alicyclic amines) is 1. The summed E-state index contributed by atoms with van der Waals surface area (Å²) in [6.45, 7) is 7.35. The van der Waals surface area contributed by atoms with Crippen LogP contribution in [0.15, 0.2) is 18.2 Å². The van der Waals surface area contributed by atoms with Crippen molar-refractivity contribution in [1.29, 1.82) is 0 Å². The van der Waals surface area contributed by atoms with E-state index in [0.717, 1.165) is 25.4 Å². The van der Waals surface area contributed by atoms with Gasteiger partial charge < -0.3 is 10.5 Å². The third-order valence-electron chi connectivity index (χ3n) is 3.62. The minimum atomic E-state index is 0.322. The molecule has 1 aliphatic heterocycles. The van der Waals surface area contributed by atoms with Gasteiger partial charge >= 0.3 is 0 Å². The molecular formula is C14H22N2O. The van der Waals surface area contributed by atoms with Crippen LogP contribution in [0.4, 0.5) is 0 Å². The molecule has 0 radical (unpaired) electrons. The Hall–Kier alpha value is -1.06. The summed E-state index contributed by atoms with van der Waals surface area (Å²) in [6.07, 6.45) is 0. The number of nitrogens with zero attached hydrogens (tertiary/aromatic N) is 1. The van der Waals surface area contributed by atoms with Crippen LogP contribution in [0, 0.1) is 12.8 Å². The summed E-state index contributed by atoms with van der Waals surface area (Å²) in [6, 6.07) is 6.74. The van der Waals surface area contributed by atoms with Crippen molar-refractivity contribution in [3.05, 3.63) is 29.3 Å². The van der Waals surface area contributed by atoms with Crippen LogP contribution in [0.25, 0.3) is 0 Å². The van der Waals surface area contributed by atoms with Gasteiger partial charge in [-0.1, -0.05) is 19.1 Å². The Labute approximate surface area is 104 Å². The largest absolute Gasteiger partial charge is 0.496 e. The summed E-state index contributed by atoms with van der Waals surface area (Å²) >= 11 is 0. The molecule has 1 heterocycles. The molecule has 0 bridgehead atoms. The van der Waals surface area contributed by atoms with Gasteiger partial charge in [-0.2, -0.15) is 0 Å². The third-order valence-corrected chi connectivity index (χ3v) is 3.62. The highest BCUT2D eigenvalue weighted by Crippen LogP contribution is 2.22. The molecule has 2 unspecified atom stereocenters. The second kappa shape index (κ2) is 5.07. The first kappa shape index (κ1) is 12.4. The number of nitrogens with two attached hydrogens (primary N) is 1. The van der Waals surface area contributed by atoms with E-state index in [9.17, 15) is 0 Å². The van der Waals surface area contributed by atoms with Crippen molar-refractivity contribution in [1.82, 2.24) is 4.90 Å². The number of hydrogen-bond donors (Lipinski definition) is 1. The van der Waals surface area contributed by atoms with Crippen LogP contribution in [0.1, 0.15) is 18.1 Å². The first-order valence-corrected chi connectivity index (χ1v) is 6.21. The van der Waals surface area contributed by atoms with Crippen molar-refractivity contribution in [3.8, 4) is 5.75 Å². The fourth-order valence-electron chi connectivity index (χ4n) is 2.45. The van der Waals surface area contributed by atoms with Crippen LogP contribution in [0.2, 0.25) is 0 Å². The van der Waals surface area contributed by atoms with Gasteiger partial charge in [0, 0.05) is 25.7 Å². The zero-order valence-electron chi connectivity index (χ0n) is 10.9. The van der Waals surface area contributed by atoms with E-state index in [1.165, 1.54) is 11.1 Å². The molecule has 3 heteroatoms. The van der Waals surface area contributed by atoms with Gasteiger partial charge in [0.15, 0.2) is 0 Å². The Morgan fingerprint density at radius 3 is 2.76 bits per heavy atom. The van der Waals surface area contributed by atoms with E-state index in [-0.39, 0.29) is 0 Å². The zero-order chi connectivity index (χ0) is 12.4. The third kappa shape index (κ3) is 2.79. The standard InChI is InChI=1S/C14H22N2O/c1-10-4-5-12(6-14(10)17-3)8-16-7-11(2)13(15)9-16/h4-6,11,13H,7-9,15H2,1-3H3. The lowest BCUT2D eigenvalue weighted by atomic mass is 10.1. The van der Waals surface area contributed by atoms with E-state index >= 15 is 0 Å². The summed E-state index contributed by atoms with van der Waals surface area (Å²) in [5.41, 5.74) is 8.52. The average molecular weight is 234 g/mol. The number of rotatable bonds is 3. The first-order valence-electron chi connectivity index (χ1n) is 6.21. The van der Waals surface area contributed by atoms with E-state index in [1.54, 1.807) is 7.11 Å². The quantitative estimate of drug-likeness (QED) is 0.866. The van der Waals surface area contributed by atoms with Crippen LogP contribution in [-0.2, 0) is 6.54 Å². The van der Waals surface area contributed by atoms with Crippen LogP contribution < -0.4 is 10.5 Å². The summed E-state index contributed by atoms with van der Waals surface area (Å²) in [5.74, 6) is 1.57. The maximum Gasteiger partial charge on any atom is 0.122 e. The van der Waals surface area contributed by atoms with Gasteiger partial charge in [0.05, 0.1) is 7.11 Å². The molecule has 0 aromatic heterocycles. The molecule has 1 aromatic rings. The van der Waals surface area contributed by atoms with Crippen molar-refractivity contribution < 1.29 is 4.74 Å². The topological polar surface area (TPSA) is 38.5 Å². The first-order chi connectivity index (χ1) is 8.10. The number of ether oxygens (including phenoxy) is 1. The lowest BCUT2D eigenvalue weighted by Gasteiger charge is -2.16. The second-order valence-electron chi connectivity index (χ2n) is 5.14. The second-order valence-corrected chi connectivity index (χ2v) is 5.14. The molecule has 1 aliphatic rings. The smallest absolute Gasteiger partial charge is 0.122 e. The Bertz CT molecular complexity index is 382. The maximum atomic E-state index is 6.04. The Morgan fingerprint density at radius 2 is 2.18 bits per heavy atom. The number of hydrogen-bond acceptors (Lipinski definition) is 3. The molecule has 2 rings (SSSR count). The predicted molar refractivity (Wildman–Crippen MR) is 70.1 cm³/mol.